The van der Waals surface area contributed by atoms with Crippen molar-refractivity contribution in [3.05, 3.63) is 63.4 Å². The minimum atomic E-state index is -0.456. The number of benzene rings is 1. The van der Waals surface area contributed by atoms with E-state index in [0.29, 0.717) is 15.8 Å². The second kappa shape index (κ2) is 8.39. The number of hydrogen-bond acceptors (Lipinski definition) is 5. The molecule has 0 bridgehead atoms. The Hall–Kier alpha value is -2.29. The number of nitro benzene ring substituents is 1. The first-order valence-corrected chi connectivity index (χ1v) is 8.92. The molecule has 1 saturated heterocycles. The molecule has 136 valence electrons. The summed E-state index contributed by atoms with van der Waals surface area (Å²) in [5, 5.41) is 14.9. The molecule has 0 atom stereocenters. The fourth-order valence-electron chi connectivity index (χ4n) is 2.77. The van der Waals surface area contributed by atoms with Gasteiger partial charge in [0.15, 0.2) is 5.11 Å². The van der Waals surface area contributed by atoms with Crippen LogP contribution in [0.15, 0.2) is 42.7 Å². The number of piperazine rings is 1. The summed E-state index contributed by atoms with van der Waals surface area (Å²) in [6, 6.07) is 8.30. The summed E-state index contributed by atoms with van der Waals surface area (Å²) in [7, 11) is 0. The van der Waals surface area contributed by atoms with E-state index in [1.54, 1.807) is 12.4 Å². The van der Waals surface area contributed by atoms with Crippen molar-refractivity contribution in [2.24, 2.45) is 0 Å². The maximum absolute atomic E-state index is 10.9. The second-order valence-corrected chi connectivity index (χ2v) is 6.76. The molecule has 1 fully saturated rings. The van der Waals surface area contributed by atoms with Crippen molar-refractivity contribution < 1.29 is 4.92 Å². The molecular weight excluding hydrogens is 374 g/mol. The number of non-ortho nitro benzene ring substituents is 1. The van der Waals surface area contributed by atoms with Crippen molar-refractivity contribution in [3.63, 3.8) is 0 Å². The Morgan fingerprint density at radius 1 is 1.23 bits per heavy atom. The van der Waals surface area contributed by atoms with E-state index in [1.807, 2.05) is 17.0 Å². The van der Waals surface area contributed by atoms with Crippen molar-refractivity contribution in [3.8, 4) is 0 Å². The van der Waals surface area contributed by atoms with Gasteiger partial charge in [-0.05, 0) is 36.0 Å². The Morgan fingerprint density at radius 3 is 2.58 bits per heavy atom. The zero-order chi connectivity index (χ0) is 18.5. The molecule has 9 heteroatoms. The average Bonchev–Trinajstić information content (AvgIpc) is 2.64. The molecule has 7 nitrogen and oxygen atoms in total. The molecule has 1 aliphatic rings. The third kappa shape index (κ3) is 4.66. The Kier molecular flexibility index (Phi) is 5.97. The predicted octanol–water partition coefficient (Wildman–Crippen LogP) is 3.16. The molecule has 1 aromatic carbocycles. The minimum absolute atomic E-state index is 0.0260. The van der Waals surface area contributed by atoms with E-state index >= 15 is 0 Å². The minimum Gasteiger partial charge on any atom is -0.346 e. The van der Waals surface area contributed by atoms with E-state index in [2.05, 4.69) is 15.2 Å². The monoisotopic (exact) mass is 391 g/mol. The van der Waals surface area contributed by atoms with Gasteiger partial charge in [-0.1, -0.05) is 11.6 Å². The van der Waals surface area contributed by atoms with Crippen LogP contribution in [0.25, 0.3) is 0 Å². The van der Waals surface area contributed by atoms with Gasteiger partial charge in [0.2, 0.25) is 0 Å². The van der Waals surface area contributed by atoms with Crippen molar-refractivity contribution >= 4 is 40.3 Å². The molecular formula is C17H18ClN5O2S. The molecule has 0 radical (unpaired) electrons. The van der Waals surface area contributed by atoms with Gasteiger partial charge in [0.25, 0.3) is 5.69 Å². The average molecular weight is 392 g/mol. The highest BCUT2D eigenvalue weighted by Gasteiger charge is 2.20. The lowest BCUT2D eigenvalue weighted by Crippen LogP contribution is -2.49. The molecule has 0 spiro atoms. The van der Waals surface area contributed by atoms with Gasteiger partial charge in [0.05, 0.1) is 15.6 Å². The van der Waals surface area contributed by atoms with Gasteiger partial charge >= 0.3 is 0 Å². The molecule has 1 N–H and O–H groups in total. The van der Waals surface area contributed by atoms with Crippen LogP contribution in [0, 0.1) is 10.1 Å². The van der Waals surface area contributed by atoms with Crippen molar-refractivity contribution in [1.82, 2.24) is 14.8 Å². The third-order valence-electron chi connectivity index (χ3n) is 4.22. The number of nitrogens with zero attached hydrogens (tertiary/aromatic N) is 4. The second-order valence-electron chi connectivity index (χ2n) is 5.97. The van der Waals surface area contributed by atoms with E-state index in [9.17, 15) is 10.1 Å². The van der Waals surface area contributed by atoms with Crippen LogP contribution in [-0.4, -0.2) is 51.0 Å². The fourth-order valence-corrected chi connectivity index (χ4v) is 3.23. The van der Waals surface area contributed by atoms with Gasteiger partial charge in [-0.3, -0.25) is 20.0 Å². The number of nitrogens with one attached hydrogen (secondary N) is 1. The SMILES string of the molecule is O=[N+]([O-])c1ccc(Cl)c(NC(=S)N2CCN(Cc3ccncc3)CC2)c1. The highest BCUT2D eigenvalue weighted by atomic mass is 35.5. The van der Waals surface area contributed by atoms with E-state index in [0.717, 1.165) is 32.7 Å². The molecule has 26 heavy (non-hydrogen) atoms. The van der Waals surface area contributed by atoms with Gasteiger partial charge in [-0.2, -0.15) is 0 Å². The zero-order valence-corrected chi connectivity index (χ0v) is 15.5. The third-order valence-corrected chi connectivity index (χ3v) is 4.91. The van der Waals surface area contributed by atoms with Gasteiger partial charge in [-0.15, -0.1) is 0 Å². The summed E-state index contributed by atoms with van der Waals surface area (Å²) in [6.07, 6.45) is 3.60. The first-order valence-electron chi connectivity index (χ1n) is 8.14. The van der Waals surface area contributed by atoms with Crippen LogP contribution < -0.4 is 5.32 Å². The van der Waals surface area contributed by atoms with Crippen LogP contribution in [0.5, 0.6) is 0 Å². The van der Waals surface area contributed by atoms with E-state index in [-0.39, 0.29) is 5.69 Å². The smallest absolute Gasteiger partial charge is 0.271 e. The lowest BCUT2D eigenvalue weighted by Gasteiger charge is -2.36. The highest BCUT2D eigenvalue weighted by Crippen LogP contribution is 2.27. The number of halogens is 1. The number of aromatic nitrogens is 1. The molecule has 1 aliphatic heterocycles. The number of anilines is 1. The Balaban J connectivity index is 1.55. The molecule has 2 heterocycles. The molecule has 0 amide bonds. The van der Waals surface area contributed by atoms with Crippen LogP contribution in [0.4, 0.5) is 11.4 Å². The van der Waals surface area contributed by atoms with Crippen LogP contribution in [0.2, 0.25) is 5.02 Å². The molecule has 3 rings (SSSR count). The highest BCUT2D eigenvalue weighted by molar-refractivity contribution is 7.80. The summed E-state index contributed by atoms with van der Waals surface area (Å²) in [5.74, 6) is 0. The summed E-state index contributed by atoms with van der Waals surface area (Å²) in [4.78, 5) is 18.9. The predicted molar refractivity (Wildman–Crippen MR) is 105 cm³/mol. The van der Waals surface area contributed by atoms with Crippen molar-refractivity contribution in [1.29, 1.82) is 0 Å². The van der Waals surface area contributed by atoms with Crippen LogP contribution >= 0.6 is 23.8 Å². The quantitative estimate of drug-likeness (QED) is 0.487. The number of rotatable bonds is 4. The number of pyridine rings is 1. The topological polar surface area (TPSA) is 74.5 Å². The first kappa shape index (κ1) is 18.5. The van der Waals surface area contributed by atoms with Crippen LogP contribution in [0.1, 0.15) is 5.56 Å². The van der Waals surface area contributed by atoms with E-state index in [4.69, 9.17) is 23.8 Å². The summed E-state index contributed by atoms with van der Waals surface area (Å²) in [5.41, 5.74) is 1.66. The lowest BCUT2D eigenvalue weighted by molar-refractivity contribution is -0.384. The van der Waals surface area contributed by atoms with Crippen LogP contribution in [-0.2, 0) is 6.54 Å². The largest absolute Gasteiger partial charge is 0.346 e. The standard InChI is InChI=1S/C17H18ClN5O2S/c18-15-2-1-14(23(24)25)11-16(15)20-17(26)22-9-7-21(8-10-22)12-13-3-5-19-6-4-13/h1-6,11H,7-10,12H2,(H,20,26). The van der Waals surface area contributed by atoms with E-state index < -0.39 is 4.92 Å². The van der Waals surface area contributed by atoms with Gasteiger partial charge in [0, 0.05) is 57.3 Å². The van der Waals surface area contributed by atoms with Gasteiger partial charge in [0.1, 0.15) is 0 Å². The van der Waals surface area contributed by atoms with Crippen molar-refractivity contribution in [2.75, 3.05) is 31.5 Å². The number of thiocarbonyl (C=S) groups is 1. The summed E-state index contributed by atoms with van der Waals surface area (Å²) in [6.45, 7) is 4.21. The summed E-state index contributed by atoms with van der Waals surface area (Å²) >= 11 is 11.6. The summed E-state index contributed by atoms with van der Waals surface area (Å²) < 4.78 is 0. The fraction of sp³-hybridized carbons (Fsp3) is 0.294. The van der Waals surface area contributed by atoms with Crippen molar-refractivity contribution in [2.45, 2.75) is 6.54 Å². The van der Waals surface area contributed by atoms with Gasteiger partial charge < -0.3 is 10.2 Å². The number of hydrogen-bond donors (Lipinski definition) is 1. The lowest BCUT2D eigenvalue weighted by atomic mass is 10.2. The van der Waals surface area contributed by atoms with Crippen LogP contribution in [0.3, 0.4) is 0 Å². The van der Waals surface area contributed by atoms with Gasteiger partial charge in [-0.25, -0.2) is 0 Å². The molecule has 1 aromatic heterocycles. The Labute approximate surface area is 161 Å². The maximum atomic E-state index is 10.9. The molecule has 0 unspecified atom stereocenters. The van der Waals surface area contributed by atoms with E-state index in [1.165, 1.54) is 23.8 Å². The zero-order valence-electron chi connectivity index (χ0n) is 14.0. The first-order chi connectivity index (χ1) is 12.5. The molecule has 0 saturated carbocycles. The molecule has 0 aliphatic carbocycles. The molecule has 2 aromatic rings. The maximum Gasteiger partial charge on any atom is 0.271 e. The Bertz CT molecular complexity index is 797. The normalized spacial score (nSPS) is 14.9. The number of nitro groups is 1. The Morgan fingerprint density at radius 2 is 1.92 bits per heavy atom.